The Hall–Kier alpha value is -1.71. The highest BCUT2D eigenvalue weighted by atomic mass is 16.2. The Morgan fingerprint density at radius 3 is 2.59 bits per heavy atom. The van der Waals surface area contributed by atoms with Gasteiger partial charge in [-0.2, -0.15) is 0 Å². The van der Waals surface area contributed by atoms with Crippen LogP contribution in [0, 0.1) is 5.92 Å². The van der Waals surface area contributed by atoms with Crippen LogP contribution >= 0.6 is 0 Å². The summed E-state index contributed by atoms with van der Waals surface area (Å²) in [6.07, 6.45) is 1.05. The summed E-state index contributed by atoms with van der Waals surface area (Å²) in [6, 6.07) is 4.99. The number of nitrogens with zero attached hydrogens (tertiary/aromatic N) is 1. The molecule has 0 aromatic heterocycles. The highest BCUT2D eigenvalue weighted by molar-refractivity contribution is 5.99. The molecule has 4 heteroatoms. The lowest BCUT2D eigenvalue weighted by molar-refractivity contribution is 0.0776. The molecule has 0 bridgehead atoms. The molecule has 0 aliphatic rings. The Morgan fingerprint density at radius 1 is 1.41 bits per heavy atom. The molecule has 94 valence electrons. The van der Waals surface area contributed by atoms with E-state index < -0.39 is 0 Å². The summed E-state index contributed by atoms with van der Waals surface area (Å²) in [7, 11) is 1.80. The van der Waals surface area contributed by atoms with E-state index in [4.69, 9.17) is 11.5 Å². The van der Waals surface area contributed by atoms with Crippen LogP contribution in [0.25, 0.3) is 0 Å². The monoisotopic (exact) mass is 235 g/mol. The lowest BCUT2D eigenvalue weighted by Gasteiger charge is -2.21. The molecule has 1 unspecified atom stereocenters. The number of benzene rings is 1. The maximum Gasteiger partial charge on any atom is 0.255 e. The fourth-order valence-corrected chi connectivity index (χ4v) is 1.66. The third-order valence-electron chi connectivity index (χ3n) is 2.94. The van der Waals surface area contributed by atoms with Crippen molar-refractivity contribution in [2.45, 2.75) is 20.3 Å². The molecule has 4 nitrogen and oxygen atoms in total. The van der Waals surface area contributed by atoms with Crippen LogP contribution in [0.15, 0.2) is 18.2 Å². The fourth-order valence-electron chi connectivity index (χ4n) is 1.66. The van der Waals surface area contributed by atoms with Crippen molar-refractivity contribution < 1.29 is 4.79 Å². The van der Waals surface area contributed by atoms with Crippen LogP contribution in [-0.4, -0.2) is 24.4 Å². The van der Waals surface area contributed by atoms with E-state index in [1.54, 1.807) is 30.1 Å². The number of carbonyl (C=O) groups excluding carboxylic acids is 1. The third-order valence-corrected chi connectivity index (χ3v) is 2.94. The Labute approximate surface area is 103 Å². The Bertz CT molecular complexity index is 404. The first kappa shape index (κ1) is 13.4. The molecule has 4 N–H and O–H groups in total. The van der Waals surface area contributed by atoms with Crippen LogP contribution in [0.4, 0.5) is 11.4 Å². The first-order chi connectivity index (χ1) is 7.95. The Morgan fingerprint density at radius 2 is 2.06 bits per heavy atom. The lowest BCUT2D eigenvalue weighted by atomic mass is 10.1. The molecular weight excluding hydrogens is 214 g/mol. The molecule has 0 fully saturated rings. The minimum absolute atomic E-state index is 0.0530. The quantitative estimate of drug-likeness (QED) is 0.784. The first-order valence-corrected chi connectivity index (χ1v) is 5.86. The van der Waals surface area contributed by atoms with Crippen LogP contribution in [0.2, 0.25) is 0 Å². The average Bonchev–Trinajstić information content (AvgIpc) is 2.28. The molecule has 0 saturated heterocycles. The average molecular weight is 235 g/mol. The van der Waals surface area contributed by atoms with Crippen molar-refractivity contribution in [2.24, 2.45) is 5.92 Å². The van der Waals surface area contributed by atoms with E-state index in [-0.39, 0.29) is 5.91 Å². The second-order valence-corrected chi connectivity index (χ2v) is 4.55. The normalized spacial score (nSPS) is 12.2. The number of anilines is 2. The predicted molar refractivity (Wildman–Crippen MR) is 71.7 cm³/mol. The summed E-state index contributed by atoms with van der Waals surface area (Å²) >= 11 is 0. The lowest BCUT2D eigenvalue weighted by Crippen LogP contribution is -2.31. The van der Waals surface area contributed by atoms with Gasteiger partial charge < -0.3 is 16.4 Å². The van der Waals surface area contributed by atoms with Crippen LogP contribution in [-0.2, 0) is 0 Å². The van der Waals surface area contributed by atoms with E-state index in [0.29, 0.717) is 22.9 Å². The largest absolute Gasteiger partial charge is 0.399 e. The highest BCUT2D eigenvalue weighted by Gasteiger charge is 2.16. The second kappa shape index (κ2) is 5.57. The maximum atomic E-state index is 12.1. The van der Waals surface area contributed by atoms with Gasteiger partial charge in [0.25, 0.3) is 5.91 Å². The summed E-state index contributed by atoms with van der Waals surface area (Å²) in [6.45, 7) is 4.97. The molecule has 0 radical (unpaired) electrons. The maximum absolute atomic E-state index is 12.1. The van der Waals surface area contributed by atoms with Gasteiger partial charge in [0.15, 0.2) is 0 Å². The molecule has 0 heterocycles. The van der Waals surface area contributed by atoms with Crippen molar-refractivity contribution >= 4 is 17.3 Å². The number of nitrogens with two attached hydrogens (primary N) is 2. The van der Waals surface area contributed by atoms with Gasteiger partial charge in [0.05, 0.1) is 5.56 Å². The summed E-state index contributed by atoms with van der Waals surface area (Å²) in [5.74, 6) is 0.432. The van der Waals surface area contributed by atoms with Crippen molar-refractivity contribution in [3.8, 4) is 0 Å². The molecule has 0 aliphatic carbocycles. The van der Waals surface area contributed by atoms with E-state index in [1.165, 1.54) is 0 Å². The zero-order valence-corrected chi connectivity index (χ0v) is 10.7. The minimum Gasteiger partial charge on any atom is -0.399 e. The predicted octanol–water partition coefficient (Wildman–Crippen LogP) is 1.97. The number of amides is 1. The van der Waals surface area contributed by atoms with Gasteiger partial charge in [0, 0.05) is 25.0 Å². The zero-order chi connectivity index (χ0) is 13.0. The number of hydrogen-bond acceptors (Lipinski definition) is 3. The number of rotatable bonds is 4. The second-order valence-electron chi connectivity index (χ2n) is 4.55. The molecular formula is C13H21N3O. The molecule has 17 heavy (non-hydrogen) atoms. The number of hydrogen-bond donors (Lipinski definition) is 2. The van der Waals surface area contributed by atoms with Gasteiger partial charge >= 0.3 is 0 Å². The van der Waals surface area contributed by atoms with E-state index in [9.17, 15) is 4.79 Å². The zero-order valence-electron chi connectivity index (χ0n) is 10.7. The summed E-state index contributed by atoms with van der Waals surface area (Å²) in [4.78, 5) is 13.8. The van der Waals surface area contributed by atoms with Crippen LogP contribution in [0.1, 0.15) is 30.6 Å². The summed E-state index contributed by atoms with van der Waals surface area (Å²) in [5, 5.41) is 0. The first-order valence-electron chi connectivity index (χ1n) is 5.86. The van der Waals surface area contributed by atoms with Gasteiger partial charge in [-0.15, -0.1) is 0 Å². The molecule has 1 rings (SSSR count). The topological polar surface area (TPSA) is 72.3 Å². The van der Waals surface area contributed by atoms with Crippen molar-refractivity contribution in [3.63, 3.8) is 0 Å². The molecule has 1 atom stereocenters. The smallest absolute Gasteiger partial charge is 0.255 e. The van der Waals surface area contributed by atoms with E-state index >= 15 is 0 Å². The van der Waals surface area contributed by atoms with Gasteiger partial charge in [-0.25, -0.2) is 0 Å². The summed E-state index contributed by atoms with van der Waals surface area (Å²) in [5.41, 5.74) is 12.9. The Kier molecular flexibility index (Phi) is 4.37. The molecule has 1 aromatic carbocycles. The van der Waals surface area contributed by atoms with Crippen molar-refractivity contribution in [1.82, 2.24) is 4.90 Å². The van der Waals surface area contributed by atoms with Crippen LogP contribution < -0.4 is 11.5 Å². The SMILES string of the molecule is CCC(C)CN(C)C(=O)c1ccc(N)cc1N. The standard InChI is InChI=1S/C13H21N3O/c1-4-9(2)8-16(3)13(17)11-6-5-10(14)7-12(11)15/h5-7,9H,4,8,14-15H2,1-3H3. The third kappa shape index (κ3) is 3.37. The van der Waals surface area contributed by atoms with Gasteiger partial charge in [0.1, 0.15) is 0 Å². The highest BCUT2D eigenvalue weighted by Crippen LogP contribution is 2.18. The number of nitrogen functional groups attached to an aromatic ring is 2. The van der Waals surface area contributed by atoms with Crippen molar-refractivity contribution in [3.05, 3.63) is 23.8 Å². The van der Waals surface area contributed by atoms with Crippen LogP contribution in [0.5, 0.6) is 0 Å². The molecule has 0 saturated carbocycles. The van der Waals surface area contributed by atoms with Gasteiger partial charge in [0.2, 0.25) is 0 Å². The van der Waals surface area contributed by atoms with Gasteiger partial charge in [-0.3, -0.25) is 4.79 Å². The molecule has 1 aromatic rings. The van der Waals surface area contributed by atoms with Crippen molar-refractivity contribution in [1.29, 1.82) is 0 Å². The number of carbonyl (C=O) groups is 1. The minimum atomic E-state index is -0.0530. The van der Waals surface area contributed by atoms with Gasteiger partial charge in [-0.1, -0.05) is 20.3 Å². The Balaban J connectivity index is 2.81. The molecule has 1 amide bonds. The van der Waals surface area contributed by atoms with E-state index in [2.05, 4.69) is 13.8 Å². The van der Waals surface area contributed by atoms with E-state index in [1.807, 2.05) is 0 Å². The molecule has 0 aliphatic heterocycles. The van der Waals surface area contributed by atoms with E-state index in [0.717, 1.165) is 13.0 Å². The van der Waals surface area contributed by atoms with Crippen LogP contribution in [0.3, 0.4) is 0 Å². The van der Waals surface area contributed by atoms with Gasteiger partial charge in [-0.05, 0) is 24.1 Å². The van der Waals surface area contributed by atoms with Crippen molar-refractivity contribution in [2.75, 3.05) is 25.1 Å². The molecule has 0 spiro atoms. The fraction of sp³-hybridized carbons (Fsp3) is 0.462. The summed E-state index contributed by atoms with van der Waals surface area (Å²) < 4.78 is 0.